The fraction of sp³-hybridized carbons (Fsp3) is 0.611. The van der Waals surface area contributed by atoms with Gasteiger partial charge in [-0.25, -0.2) is 13.1 Å². The number of rotatable bonds is 5. The van der Waals surface area contributed by atoms with Crippen LogP contribution in [-0.2, 0) is 21.2 Å². The van der Waals surface area contributed by atoms with Crippen LogP contribution in [0.3, 0.4) is 0 Å². The van der Waals surface area contributed by atoms with E-state index in [1.54, 1.807) is 24.3 Å². The van der Waals surface area contributed by atoms with Crippen molar-refractivity contribution in [2.24, 2.45) is 5.41 Å². The number of aryl methyl sites for hydroxylation is 1. The summed E-state index contributed by atoms with van der Waals surface area (Å²) in [6.45, 7) is 3.92. The van der Waals surface area contributed by atoms with Crippen molar-refractivity contribution in [3.63, 3.8) is 0 Å². The van der Waals surface area contributed by atoms with Crippen LogP contribution in [0.2, 0.25) is 0 Å². The van der Waals surface area contributed by atoms with Gasteiger partial charge < -0.3 is 10.2 Å². The predicted octanol–water partition coefficient (Wildman–Crippen LogP) is 1.55. The molecule has 2 aliphatic rings. The van der Waals surface area contributed by atoms with Gasteiger partial charge in [0, 0.05) is 26.1 Å². The molecule has 1 aromatic carbocycles. The molecule has 0 unspecified atom stereocenters. The van der Waals surface area contributed by atoms with Gasteiger partial charge in [-0.2, -0.15) is 0 Å². The van der Waals surface area contributed by atoms with Crippen molar-refractivity contribution in [2.45, 2.75) is 37.0 Å². The zero-order chi connectivity index (χ0) is 17.9. The third-order valence-electron chi connectivity index (χ3n) is 5.64. The number of amides is 1. The van der Waals surface area contributed by atoms with Gasteiger partial charge in [-0.1, -0.05) is 12.1 Å². The predicted molar refractivity (Wildman–Crippen MR) is 104 cm³/mol. The van der Waals surface area contributed by atoms with Crippen LogP contribution >= 0.6 is 12.4 Å². The number of carbonyl (C=O) groups excluding carboxylic acids is 1. The Kier molecular flexibility index (Phi) is 7.07. The lowest BCUT2D eigenvalue weighted by Gasteiger charge is -2.39. The Morgan fingerprint density at radius 2 is 1.85 bits per heavy atom. The average molecular weight is 402 g/mol. The molecule has 146 valence electrons. The Morgan fingerprint density at radius 3 is 2.38 bits per heavy atom. The Labute approximate surface area is 162 Å². The van der Waals surface area contributed by atoms with Crippen LogP contribution in [-0.4, -0.2) is 52.5 Å². The van der Waals surface area contributed by atoms with Crippen LogP contribution in [0.5, 0.6) is 0 Å². The number of sulfonamides is 1. The minimum absolute atomic E-state index is 0. The molecule has 0 radical (unpaired) electrons. The second-order valence-electron chi connectivity index (χ2n) is 7.16. The first-order valence-electron chi connectivity index (χ1n) is 8.95. The van der Waals surface area contributed by atoms with Crippen molar-refractivity contribution in [1.82, 2.24) is 14.9 Å². The molecule has 2 heterocycles. The normalized spacial score (nSPS) is 19.3. The summed E-state index contributed by atoms with van der Waals surface area (Å²) in [6.07, 6.45) is 4.55. The van der Waals surface area contributed by atoms with Gasteiger partial charge in [-0.15, -0.1) is 12.4 Å². The van der Waals surface area contributed by atoms with E-state index in [1.165, 1.54) is 13.5 Å². The highest BCUT2D eigenvalue weighted by atomic mass is 35.5. The maximum atomic E-state index is 12.5. The third kappa shape index (κ3) is 4.76. The summed E-state index contributed by atoms with van der Waals surface area (Å²) < 4.78 is 25.7. The molecule has 26 heavy (non-hydrogen) atoms. The molecular formula is C18H28ClN3O3S. The first kappa shape index (κ1) is 21.2. The van der Waals surface area contributed by atoms with Crippen LogP contribution in [0.15, 0.2) is 29.2 Å². The highest BCUT2D eigenvalue weighted by molar-refractivity contribution is 7.89. The lowest BCUT2D eigenvalue weighted by atomic mass is 9.78. The minimum Gasteiger partial charge on any atom is -0.343 e. The van der Waals surface area contributed by atoms with Crippen molar-refractivity contribution in [3.05, 3.63) is 29.8 Å². The van der Waals surface area contributed by atoms with Gasteiger partial charge in [-0.3, -0.25) is 4.79 Å². The van der Waals surface area contributed by atoms with Crippen molar-refractivity contribution in [2.75, 3.05) is 33.2 Å². The number of piperidine rings is 1. The zero-order valence-electron chi connectivity index (χ0n) is 15.2. The molecule has 2 saturated heterocycles. The molecule has 3 rings (SSSR count). The summed E-state index contributed by atoms with van der Waals surface area (Å²) >= 11 is 0. The van der Waals surface area contributed by atoms with Crippen LogP contribution in [0.4, 0.5) is 0 Å². The fourth-order valence-corrected chi connectivity index (χ4v) is 4.55. The van der Waals surface area contributed by atoms with Gasteiger partial charge in [0.15, 0.2) is 0 Å². The highest BCUT2D eigenvalue weighted by Gasteiger charge is 2.37. The van der Waals surface area contributed by atoms with Gasteiger partial charge in [0.25, 0.3) is 0 Å². The monoisotopic (exact) mass is 401 g/mol. The Hall–Kier alpha value is -1.15. The third-order valence-corrected chi connectivity index (χ3v) is 7.07. The number of halogens is 1. The Morgan fingerprint density at radius 1 is 1.19 bits per heavy atom. The summed E-state index contributed by atoms with van der Waals surface area (Å²) in [5.74, 6) is 0.202. The van der Waals surface area contributed by atoms with E-state index in [0.717, 1.165) is 44.6 Å². The van der Waals surface area contributed by atoms with Crippen molar-refractivity contribution in [1.29, 1.82) is 0 Å². The first-order chi connectivity index (χ1) is 11.9. The molecule has 2 aliphatic heterocycles. The smallest absolute Gasteiger partial charge is 0.240 e. The van der Waals surface area contributed by atoms with Gasteiger partial charge in [0.2, 0.25) is 15.9 Å². The standard InChI is InChI=1S/C18H27N3O3S.ClH/c1-19-25(23,24)16-5-2-15(3-6-16)4-7-17(22)21-12-9-18(10-13-21)8-11-20-14-18;/h2-3,5-6,19-20H,4,7-14H2,1H3;1H. The van der Waals surface area contributed by atoms with E-state index in [9.17, 15) is 13.2 Å². The largest absolute Gasteiger partial charge is 0.343 e. The van der Waals surface area contributed by atoms with Crippen LogP contribution in [0.25, 0.3) is 0 Å². The second-order valence-corrected chi connectivity index (χ2v) is 9.05. The van der Waals surface area contributed by atoms with Crippen LogP contribution in [0.1, 0.15) is 31.2 Å². The van der Waals surface area contributed by atoms with Gasteiger partial charge >= 0.3 is 0 Å². The summed E-state index contributed by atoms with van der Waals surface area (Å²) in [6, 6.07) is 6.74. The summed E-state index contributed by atoms with van der Waals surface area (Å²) in [4.78, 5) is 14.7. The molecule has 1 spiro atoms. The van der Waals surface area contributed by atoms with E-state index in [2.05, 4.69) is 10.0 Å². The molecule has 0 bridgehead atoms. The number of hydrogen-bond acceptors (Lipinski definition) is 4. The minimum atomic E-state index is -3.40. The molecule has 6 nitrogen and oxygen atoms in total. The molecular weight excluding hydrogens is 374 g/mol. The molecule has 0 aliphatic carbocycles. The molecule has 0 aromatic heterocycles. The number of likely N-dealkylation sites (tertiary alicyclic amines) is 1. The SMILES string of the molecule is CNS(=O)(=O)c1ccc(CCC(=O)N2CCC3(CCNC3)CC2)cc1.Cl. The quantitative estimate of drug-likeness (QED) is 0.784. The molecule has 0 atom stereocenters. The topological polar surface area (TPSA) is 78.5 Å². The van der Waals surface area contributed by atoms with E-state index in [4.69, 9.17) is 0 Å². The number of nitrogens with zero attached hydrogens (tertiary/aromatic N) is 1. The maximum absolute atomic E-state index is 12.5. The molecule has 2 N–H and O–H groups in total. The van der Waals surface area contributed by atoms with Crippen molar-refractivity contribution < 1.29 is 13.2 Å². The lowest BCUT2D eigenvalue weighted by Crippen LogP contribution is -2.44. The summed E-state index contributed by atoms with van der Waals surface area (Å²) in [7, 11) is -2.01. The molecule has 2 fully saturated rings. The molecule has 1 aromatic rings. The number of hydrogen-bond donors (Lipinski definition) is 2. The van der Waals surface area contributed by atoms with Gasteiger partial charge in [0.1, 0.15) is 0 Å². The summed E-state index contributed by atoms with van der Waals surface area (Å²) in [5.41, 5.74) is 1.41. The first-order valence-corrected chi connectivity index (χ1v) is 10.4. The zero-order valence-corrected chi connectivity index (χ0v) is 16.8. The number of carbonyl (C=O) groups is 1. The molecule has 1 amide bonds. The number of benzene rings is 1. The van der Waals surface area contributed by atoms with Gasteiger partial charge in [-0.05, 0) is 62.4 Å². The molecule has 8 heteroatoms. The van der Waals surface area contributed by atoms with E-state index >= 15 is 0 Å². The fourth-order valence-electron chi connectivity index (χ4n) is 3.82. The van der Waals surface area contributed by atoms with Crippen LogP contribution < -0.4 is 10.0 Å². The maximum Gasteiger partial charge on any atom is 0.240 e. The summed E-state index contributed by atoms with van der Waals surface area (Å²) in [5, 5.41) is 3.44. The van der Waals surface area contributed by atoms with E-state index in [0.29, 0.717) is 18.3 Å². The Bertz CT molecular complexity index is 706. The van der Waals surface area contributed by atoms with E-state index in [1.807, 2.05) is 4.90 Å². The van der Waals surface area contributed by atoms with E-state index in [-0.39, 0.29) is 23.2 Å². The van der Waals surface area contributed by atoms with E-state index < -0.39 is 10.0 Å². The molecule has 0 saturated carbocycles. The second kappa shape index (κ2) is 8.69. The number of nitrogens with one attached hydrogen (secondary N) is 2. The lowest BCUT2D eigenvalue weighted by molar-refractivity contribution is -0.133. The van der Waals surface area contributed by atoms with Crippen LogP contribution in [0, 0.1) is 5.41 Å². The Balaban J connectivity index is 0.00000243. The average Bonchev–Trinajstić information content (AvgIpc) is 3.08. The highest BCUT2D eigenvalue weighted by Crippen LogP contribution is 2.37. The van der Waals surface area contributed by atoms with Gasteiger partial charge in [0.05, 0.1) is 4.90 Å². The van der Waals surface area contributed by atoms with Crippen molar-refractivity contribution in [3.8, 4) is 0 Å². The van der Waals surface area contributed by atoms with Crippen molar-refractivity contribution >= 4 is 28.3 Å².